The van der Waals surface area contributed by atoms with Crippen molar-refractivity contribution in [1.29, 1.82) is 0 Å². The van der Waals surface area contributed by atoms with Gasteiger partial charge >= 0.3 is 11.3 Å². The van der Waals surface area contributed by atoms with Crippen LogP contribution in [0.15, 0.2) is 88.3 Å². The lowest BCUT2D eigenvalue weighted by molar-refractivity contribution is -0.197. The third-order valence-electron chi connectivity index (χ3n) is 7.39. The van der Waals surface area contributed by atoms with E-state index in [2.05, 4.69) is 0 Å². The summed E-state index contributed by atoms with van der Waals surface area (Å²) in [4.78, 5) is 23.8. The van der Waals surface area contributed by atoms with Crippen molar-refractivity contribution in [2.75, 3.05) is 13.2 Å². The van der Waals surface area contributed by atoms with E-state index in [4.69, 9.17) is 31.9 Å². The number of aliphatic hydroxyl groups excluding tert-OH is 1. The van der Waals surface area contributed by atoms with Crippen LogP contribution in [-0.2, 0) is 4.74 Å². The summed E-state index contributed by atoms with van der Waals surface area (Å²) in [7, 11) is 0. The normalized spacial score (nSPS) is 14.1. The van der Waals surface area contributed by atoms with E-state index in [1.165, 1.54) is 24.7 Å². The van der Waals surface area contributed by atoms with Crippen LogP contribution in [0.4, 0.5) is 0 Å². The molecular weight excluding hydrogens is 560 g/mol. The van der Waals surface area contributed by atoms with Crippen LogP contribution in [0.3, 0.4) is 0 Å². The molecule has 43 heavy (non-hydrogen) atoms. The van der Waals surface area contributed by atoms with Gasteiger partial charge in [0.15, 0.2) is 11.2 Å². The zero-order chi connectivity index (χ0) is 30.5. The molecular formula is C32H30O11. The molecule has 0 aliphatic carbocycles. The van der Waals surface area contributed by atoms with E-state index in [-0.39, 0.29) is 30.1 Å². The lowest BCUT2D eigenvalue weighted by Gasteiger charge is -2.39. The fourth-order valence-corrected chi connectivity index (χ4v) is 4.85. The highest BCUT2D eigenvalue weighted by molar-refractivity contribution is 6.01. The number of furan rings is 2. The fourth-order valence-electron chi connectivity index (χ4n) is 4.85. The van der Waals surface area contributed by atoms with Gasteiger partial charge < -0.3 is 42.1 Å². The molecule has 2 aromatic carbocycles. The summed E-state index contributed by atoms with van der Waals surface area (Å²) in [5.74, 6) is 0.573. The lowest BCUT2D eigenvalue weighted by Crippen LogP contribution is -2.52. The quantitative estimate of drug-likeness (QED) is 0.204. The van der Waals surface area contributed by atoms with Gasteiger partial charge in [0.2, 0.25) is 5.75 Å². The van der Waals surface area contributed by atoms with Gasteiger partial charge in [-0.1, -0.05) is 0 Å². The highest BCUT2D eigenvalue weighted by atomic mass is 16.6. The molecule has 0 aliphatic heterocycles. The molecule has 11 heteroatoms. The lowest BCUT2D eigenvalue weighted by atomic mass is 9.97. The average molecular weight is 591 g/mol. The molecule has 0 amide bonds. The Morgan fingerprint density at radius 2 is 1.42 bits per heavy atom. The molecule has 0 unspecified atom stereocenters. The van der Waals surface area contributed by atoms with Gasteiger partial charge in [-0.05, 0) is 58.0 Å². The second-order valence-corrected chi connectivity index (χ2v) is 11.4. The highest BCUT2D eigenvalue weighted by Crippen LogP contribution is 2.37. The van der Waals surface area contributed by atoms with Gasteiger partial charge in [0.05, 0.1) is 34.5 Å². The number of ether oxygens (including phenoxy) is 3. The van der Waals surface area contributed by atoms with Crippen molar-refractivity contribution >= 4 is 43.9 Å². The summed E-state index contributed by atoms with van der Waals surface area (Å²) in [5, 5.41) is 24.8. The third kappa shape index (κ3) is 5.50. The van der Waals surface area contributed by atoms with Crippen molar-refractivity contribution in [2.24, 2.45) is 0 Å². The van der Waals surface area contributed by atoms with Crippen LogP contribution >= 0.6 is 0 Å². The maximum Gasteiger partial charge on any atom is 0.336 e. The Morgan fingerprint density at radius 3 is 2.21 bits per heavy atom. The molecule has 224 valence electrons. The van der Waals surface area contributed by atoms with E-state index in [0.29, 0.717) is 33.1 Å². The predicted molar refractivity (Wildman–Crippen MR) is 157 cm³/mol. The van der Waals surface area contributed by atoms with Crippen LogP contribution in [0, 0.1) is 0 Å². The molecule has 0 fully saturated rings. The molecule has 0 spiro atoms. The molecule has 4 aromatic heterocycles. The first-order valence-electron chi connectivity index (χ1n) is 13.6. The van der Waals surface area contributed by atoms with Crippen LogP contribution in [0.5, 0.6) is 11.5 Å². The molecule has 6 rings (SSSR count). The van der Waals surface area contributed by atoms with Gasteiger partial charge in [-0.2, -0.15) is 0 Å². The monoisotopic (exact) mass is 590 g/mol. The molecule has 6 aromatic rings. The Labute approximate surface area is 243 Å². The smallest absolute Gasteiger partial charge is 0.336 e. The van der Waals surface area contributed by atoms with Gasteiger partial charge in [-0.15, -0.1) is 0 Å². The summed E-state index contributed by atoms with van der Waals surface area (Å²) < 4.78 is 40.3. The maximum absolute atomic E-state index is 12.0. The Balaban J connectivity index is 1.23. The Morgan fingerprint density at radius 1 is 0.744 bits per heavy atom. The Kier molecular flexibility index (Phi) is 7.04. The van der Waals surface area contributed by atoms with Gasteiger partial charge in [-0.25, -0.2) is 9.59 Å². The highest BCUT2D eigenvalue weighted by Gasteiger charge is 2.39. The van der Waals surface area contributed by atoms with Crippen molar-refractivity contribution in [3.63, 3.8) is 0 Å². The minimum Gasteiger partial charge on any atom is -0.489 e. The fraction of sp³-hybridized carbons (Fsp3) is 0.312. The Bertz CT molecular complexity index is 2050. The first-order valence-corrected chi connectivity index (χ1v) is 13.6. The van der Waals surface area contributed by atoms with Crippen molar-refractivity contribution in [3.8, 4) is 11.5 Å². The first-order chi connectivity index (χ1) is 20.4. The number of fused-ring (bicyclic) bond motifs is 4. The van der Waals surface area contributed by atoms with Crippen LogP contribution in [0.2, 0.25) is 0 Å². The third-order valence-corrected chi connectivity index (χ3v) is 7.39. The van der Waals surface area contributed by atoms with Crippen LogP contribution in [0.1, 0.15) is 27.7 Å². The van der Waals surface area contributed by atoms with E-state index in [1.807, 2.05) is 6.07 Å². The maximum atomic E-state index is 12.0. The molecule has 2 N–H and O–H groups in total. The number of hydrogen-bond donors (Lipinski definition) is 2. The molecule has 0 bridgehead atoms. The van der Waals surface area contributed by atoms with Crippen LogP contribution in [0.25, 0.3) is 43.9 Å². The van der Waals surface area contributed by atoms with E-state index in [1.54, 1.807) is 58.0 Å². The minimum absolute atomic E-state index is 0.175. The summed E-state index contributed by atoms with van der Waals surface area (Å²) in [5.41, 5.74) is -2.41. The van der Waals surface area contributed by atoms with Crippen molar-refractivity contribution in [1.82, 2.24) is 0 Å². The summed E-state index contributed by atoms with van der Waals surface area (Å²) in [6, 6.07) is 12.7. The molecule has 4 heterocycles. The summed E-state index contributed by atoms with van der Waals surface area (Å²) >= 11 is 0. The van der Waals surface area contributed by atoms with Gasteiger partial charge in [0.25, 0.3) is 0 Å². The standard InChI is InChI=1S/C32H30O11/c1-31(2,36)24(16-40-30-27-18(9-11-38-27)13-17-5-7-26(35)42-28(17)30)43-32(3,4)23(33)15-39-29-19-6-8-25(34)41-22(19)14-21-20(29)10-12-37-21/h5-14,23-24,33,36H,15-16H2,1-4H3/t23-,24+/m1/s1. The van der Waals surface area contributed by atoms with Crippen molar-refractivity contribution < 1.29 is 42.1 Å². The zero-order valence-electron chi connectivity index (χ0n) is 23.9. The van der Waals surface area contributed by atoms with Crippen molar-refractivity contribution in [2.45, 2.75) is 51.1 Å². The molecule has 11 nitrogen and oxygen atoms in total. The molecule has 0 aliphatic rings. The van der Waals surface area contributed by atoms with Crippen LogP contribution in [-0.4, -0.2) is 46.8 Å². The number of benzene rings is 2. The zero-order valence-corrected chi connectivity index (χ0v) is 23.9. The topological polar surface area (TPSA) is 155 Å². The SMILES string of the molecule is CC(C)(O)[C@H](COc1c2occc2cc2ccc(=O)oc12)OC(C)(C)[C@H](O)COc1c2ccoc2cc2oc(=O)ccc12. The van der Waals surface area contributed by atoms with Crippen LogP contribution < -0.4 is 20.7 Å². The van der Waals surface area contributed by atoms with E-state index in [9.17, 15) is 19.8 Å². The number of hydrogen-bond acceptors (Lipinski definition) is 11. The van der Waals surface area contributed by atoms with E-state index >= 15 is 0 Å². The second kappa shape index (κ2) is 10.6. The number of aliphatic hydroxyl groups is 2. The molecule has 0 saturated carbocycles. The average Bonchev–Trinajstić information content (AvgIpc) is 3.61. The van der Waals surface area contributed by atoms with E-state index in [0.717, 1.165) is 5.39 Å². The largest absolute Gasteiger partial charge is 0.489 e. The Hall–Kier alpha value is -4.58. The van der Waals surface area contributed by atoms with Gasteiger partial charge in [-0.3, -0.25) is 0 Å². The molecule has 0 saturated heterocycles. The number of rotatable bonds is 10. The first kappa shape index (κ1) is 28.5. The predicted octanol–water partition coefficient (Wildman–Crippen LogP) is 5.15. The van der Waals surface area contributed by atoms with E-state index < -0.39 is 34.7 Å². The van der Waals surface area contributed by atoms with Gasteiger partial charge in [0, 0.05) is 29.0 Å². The van der Waals surface area contributed by atoms with Crippen molar-refractivity contribution in [3.05, 3.63) is 81.9 Å². The van der Waals surface area contributed by atoms with Gasteiger partial charge in [0.1, 0.15) is 42.3 Å². The molecule has 0 radical (unpaired) electrons. The second-order valence-electron chi connectivity index (χ2n) is 11.4. The molecule has 2 atom stereocenters. The summed E-state index contributed by atoms with van der Waals surface area (Å²) in [6.07, 6.45) is 0.848. The minimum atomic E-state index is -1.42. The summed E-state index contributed by atoms with van der Waals surface area (Å²) in [6.45, 7) is 6.07.